The van der Waals surface area contributed by atoms with Crippen LogP contribution >= 0.6 is 23.2 Å². The molecule has 2 aromatic carbocycles. The maximum atomic E-state index is 12.5. The molecule has 1 N–H and O–H groups in total. The highest BCUT2D eigenvalue weighted by atomic mass is 35.5. The van der Waals surface area contributed by atoms with Crippen LogP contribution in [0.2, 0.25) is 10.0 Å². The third-order valence-electron chi connectivity index (χ3n) is 5.01. The second kappa shape index (κ2) is 11.8. The molecule has 33 heavy (non-hydrogen) atoms. The SMILES string of the molecule is CCOC(=O)Oc1ccc(C(=O)NC2CCN(C(=O)COc3ccc(Cl)cc3Cl)CC2)cc1. The maximum absolute atomic E-state index is 12.5. The molecule has 176 valence electrons. The number of piperidine rings is 1. The van der Waals surface area contributed by atoms with Gasteiger partial charge in [0, 0.05) is 29.7 Å². The molecule has 10 heteroatoms. The fraction of sp³-hybridized carbons (Fsp3) is 0.348. The fourth-order valence-electron chi connectivity index (χ4n) is 3.28. The zero-order chi connectivity index (χ0) is 23.8. The Morgan fingerprint density at radius 3 is 2.39 bits per heavy atom. The van der Waals surface area contributed by atoms with Crippen molar-refractivity contribution in [2.75, 3.05) is 26.3 Å². The van der Waals surface area contributed by atoms with Crippen molar-refractivity contribution in [1.29, 1.82) is 0 Å². The highest BCUT2D eigenvalue weighted by Gasteiger charge is 2.24. The first-order valence-corrected chi connectivity index (χ1v) is 11.2. The molecule has 1 heterocycles. The molecule has 0 bridgehead atoms. The molecule has 0 aliphatic carbocycles. The van der Waals surface area contributed by atoms with E-state index in [-0.39, 0.29) is 31.1 Å². The molecule has 0 radical (unpaired) electrons. The van der Waals surface area contributed by atoms with Crippen LogP contribution in [0, 0.1) is 0 Å². The highest BCUT2D eigenvalue weighted by molar-refractivity contribution is 6.35. The lowest BCUT2D eigenvalue weighted by Gasteiger charge is -2.32. The Kier molecular flexibility index (Phi) is 8.79. The van der Waals surface area contributed by atoms with Crippen molar-refractivity contribution in [1.82, 2.24) is 10.2 Å². The van der Waals surface area contributed by atoms with Crippen LogP contribution < -0.4 is 14.8 Å². The molecule has 0 saturated carbocycles. The zero-order valence-corrected chi connectivity index (χ0v) is 19.5. The van der Waals surface area contributed by atoms with Crippen LogP contribution in [-0.2, 0) is 9.53 Å². The number of carbonyl (C=O) groups is 3. The Balaban J connectivity index is 1.42. The smallest absolute Gasteiger partial charge is 0.482 e. The number of nitrogens with zero attached hydrogens (tertiary/aromatic N) is 1. The van der Waals surface area contributed by atoms with Gasteiger partial charge in [0.05, 0.1) is 11.6 Å². The third kappa shape index (κ3) is 7.27. The molecule has 1 aliphatic rings. The number of halogens is 2. The first-order valence-electron chi connectivity index (χ1n) is 10.5. The summed E-state index contributed by atoms with van der Waals surface area (Å²) in [4.78, 5) is 38.0. The van der Waals surface area contributed by atoms with E-state index < -0.39 is 6.16 Å². The molecule has 1 aliphatic heterocycles. The van der Waals surface area contributed by atoms with Crippen LogP contribution in [0.25, 0.3) is 0 Å². The number of carbonyl (C=O) groups excluding carboxylic acids is 3. The van der Waals surface area contributed by atoms with Crippen molar-refractivity contribution < 1.29 is 28.6 Å². The lowest BCUT2D eigenvalue weighted by molar-refractivity contribution is -0.134. The number of benzene rings is 2. The van der Waals surface area contributed by atoms with Gasteiger partial charge in [-0.15, -0.1) is 0 Å². The summed E-state index contributed by atoms with van der Waals surface area (Å²) >= 11 is 11.9. The molecule has 8 nitrogen and oxygen atoms in total. The van der Waals surface area contributed by atoms with Gasteiger partial charge in [0.1, 0.15) is 11.5 Å². The average molecular weight is 495 g/mol. The van der Waals surface area contributed by atoms with Crippen LogP contribution in [0.5, 0.6) is 11.5 Å². The van der Waals surface area contributed by atoms with Crippen LogP contribution in [0.15, 0.2) is 42.5 Å². The van der Waals surface area contributed by atoms with Gasteiger partial charge in [-0.05, 0) is 62.2 Å². The first kappa shape index (κ1) is 24.7. The molecule has 1 fully saturated rings. The van der Waals surface area contributed by atoms with Crippen LogP contribution in [-0.4, -0.2) is 55.2 Å². The summed E-state index contributed by atoms with van der Waals surface area (Å²) in [5.74, 6) is 0.306. The van der Waals surface area contributed by atoms with Crippen molar-refractivity contribution in [2.45, 2.75) is 25.8 Å². The molecule has 2 amide bonds. The van der Waals surface area contributed by atoms with Crippen LogP contribution in [0.4, 0.5) is 4.79 Å². The Morgan fingerprint density at radius 1 is 1.06 bits per heavy atom. The second-order valence-corrected chi connectivity index (χ2v) is 8.15. The Labute approximate surface area is 201 Å². The standard InChI is InChI=1S/C23H24Cl2N2O6/c1-2-31-23(30)33-18-6-3-15(4-7-18)22(29)26-17-9-11-27(12-10-17)21(28)14-32-20-8-5-16(24)13-19(20)25/h3-8,13,17H,2,9-12,14H2,1H3,(H,26,29). The zero-order valence-electron chi connectivity index (χ0n) is 18.0. The largest absolute Gasteiger partial charge is 0.513 e. The van der Waals surface area contributed by atoms with E-state index in [1.807, 2.05) is 0 Å². The number of amides is 2. The minimum atomic E-state index is -0.794. The molecule has 0 spiro atoms. The Morgan fingerprint density at radius 2 is 1.76 bits per heavy atom. The van der Waals surface area contributed by atoms with E-state index >= 15 is 0 Å². The number of likely N-dealkylation sites (tertiary alicyclic amines) is 1. The van der Waals surface area contributed by atoms with Crippen molar-refractivity contribution in [3.63, 3.8) is 0 Å². The maximum Gasteiger partial charge on any atom is 0.513 e. The monoisotopic (exact) mass is 494 g/mol. The summed E-state index contributed by atoms with van der Waals surface area (Å²) in [5.41, 5.74) is 0.443. The topological polar surface area (TPSA) is 94.2 Å². The normalized spacial score (nSPS) is 13.8. The number of hydrogen-bond acceptors (Lipinski definition) is 6. The van der Waals surface area contributed by atoms with Gasteiger partial charge in [-0.1, -0.05) is 23.2 Å². The van der Waals surface area contributed by atoms with E-state index in [4.69, 9.17) is 37.4 Å². The lowest BCUT2D eigenvalue weighted by atomic mass is 10.0. The minimum absolute atomic E-state index is 0.0522. The molecular weight excluding hydrogens is 471 g/mol. The average Bonchev–Trinajstić information content (AvgIpc) is 2.79. The van der Waals surface area contributed by atoms with E-state index in [0.717, 1.165) is 0 Å². The highest BCUT2D eigenvalue weighted by Crippen LogP contribution is 2.27. The van der Waals surface area contributed by atoms with Gasteiger partial charge >= 0.3 is 6.16 Å². The molecular formula is C23H24Cl2N2O6. The van der Waals surface area contributed by atoms with Crippen LogP contribution in [0.3, 0.4) is 0 Å². The minimum Gasteiger partial charge on any atom is -0.482 e. The van der Waals surface area contributed by atoms with Crippen molar-refractivity contribution in [3.05, 3.63) is 58.1 Å². The molecule has 3 rings (SSSR count). The molecule has 1 saturated heterocycles. The number of hydrogen-bond donors (Lipinski definition) is 1. The molecule has 0 unspecified atom stereocenters. The van der Waals surface area contributed by atoms with E-state index in [1.165, 1.54) is 12.1 Å². The quantitative estimate of drug-likeness (QED) is 0.454. The van der Waals surface area contributed by atoms with E-state index in [2.05, 4.69) is 5.32 Å². The van der Waals surface area contributed by atoms with Crippen molar-refractivity contribution in [2.24, 2.45) is 0 Å². The molecule has 0 aromatic heterocycles. The van der Waals surface area contributed by atoms with Crippen LogP contribution in [0.1, 0.15) is 30.1 Å². The molecule has 0 atom stereocenters. The van der Waals surface area contributed by atoms with Crippen molar-refractivity contribution in [3.8, 4) is 11.5 Å². The van der Waals surface area contributed by atoms with Gasteiger partial charge in [-0.25, -0.2) is 4.79 Å². The van der Waals surface area contributed by atoms with E-state index in [1.54, 1.807) is 42.2 Å². The predicted molar refractivity (Wildman–Crippen MR) is 123 cm³/mol. The van der Waals surface area contributed by atoms with Gasteiger partial charge in [-0.2, -0.15) is 0 Å². The summed E-state index contributed by atoms with van der Waals surface area (Å²) in [6.45, 7) is 2.79. The number of ether oxygens (including phenoxy) is 3. The van der Waals surface area contributed by atoms with E-state index in [9.17, 15) is 14.4 Å². The summed E-state index contributed by atoms with van der Waals surface area (Å²) in [6.07, 6.45) is 0.463. The van der Waals surface area contributed by atoms with E-state index in [0.29, 0.717) is 53.0 Å². The lowest BCUT2D eigenvalue weighted by Crippen LogP contribution is -2.47. The summed E-state index contributed by atoms with van der Waals surface area (Å²) < 4.78 is 15.2. The number of rotatable bonds is 7. The van der Waals surface area contributed by atoms with Gasteiger partial charge in [0.15, 0.2) is 6.61 Å². The molecule has 2 aromatic rings. The third-order valence-corrected chi connectivity index (χ3v) is 5.54. The van der Waals surface area contributed by atoms with Gasteiger partial charge in [-0.3, -0.25) is 9.59 Å². The summed E-state index contributed by atoms with van der Waals surface area (Å²) in [7, 11) is 0. The van der Waals surface area contributed by atoms with Crippen molar-refractivity contribution >= 4 is 41.2 Å². The fourth-order valence-corrected chi connectivity index (χ4v) is 3.75. The van der Waals surface area contributed by atoms with Gasteiger partial charge < -0.3 is 24.4 Å². The van der Waals surface area contributed by atoms with Gasteiger partial charge in [0.2, 0.25) is 0 Å². The van der Waals surface area contributed by atoms with Gasteiger partial charge in [0.25, 0.3) is 11.8 Å². The number of nitrogens with one attached hydrogen (secondary N) is 1. The Bertz CT molecular complexity index is 991. The first-order chi connectivity index (χ1) is 15.9. The second-order valence-electron chi connectivity index (χ2n) is 7.30. The Hall–Kier alpha value is -2.97. The summed E-state index contributed by atoms with van der Waals surface area (Å²) in [6, 6.07) is 11.0. The summed E-state index contributed by atoms with van der Waals surface area (Å²) in [5, 5.41) is 3.81. The predicted octanol–water partition coefficient (Wildman–Crippen LogP) is 4.33.